The van der Waals surface area contributed by atoms with E-state index in [9.17, 15) is 13.6 Å². The Morgan fingerprint density at radius 1 is 1.36 bits per heavy atom. The number of nitrogens with zero attached hydrogens (tertiary/aromatic N) is 2. The van der Waals surface area contributed by atoms with Crippen molar-refractivity contribution in [3.05, 3.63) is 35.6 Å². The van der Waals surface area contributed by atoms with Crippen LogP contribution < -0.4 is 5.73 Å². The van der Waals surface area contributed by atoms with Gasteiger partial charge in [0, 0.05) is 37.2 Å². The number of carbonyl (C=O) groups is 1. The van der Waals surface area contributed by atoms with Crippen molar-refractivity contribution in [3.8, 4) is 0 Å². The summed E-state index contributed by atoms with van der Waals surface area (Å²) in [6, 6.07) is 5.43. The number of nitrogens with two attached hydrogens (primary N) is 1. The largest absolute Gasteiger partial charge is 0.341 e. The molecule has 1 aromatic rings. The molecule has 1 aliphatic rings. The van der Waals surface area contributed by atoms with Crippen LogP contribution in [-0.4, -0.2) is 42.1 Å². The molecular weight excluding hydrogens is 326 g/mol. The van der Waals surface area contributed by atoms with Crippen molar-refractivity contribution in [2.45, 2.75) is 32.2 Å². The summed E-state index contributed by atoms with van der Waals surface area (Å²) in [4.78, 5) is 18.1. The van der Waals surface area contributed by atoms with Crippen LogP contribution in [0.5, 0.6) is 0 Å². The molecule has 1 aromatic carbocycles. The highest BCUT2D eigenvalue weighted by molar-refractivity contribution is 5.95. The second kappa shape index (κ2) is 8.80. The van der Waals surface area contributed by atoms with Gasteiger partial charge in [0.25, 0.3) is 0 Å². The van der Waals surface area contributed by atoms with E-state index in [1.165, 1.54) is 12.1 Å². The lowest BCUT2D eigenvalue weighted by Gasteiger charge is -2.32. The van der Waals surface area contributed by atoms with Gasteiger partial charge in [-0.05, 0) is 37.5 Å². The molecule has 1 saturated heterocycles. The first-order valence-corrected chi connectivity index (χ1v) is 8.38. The molecule has 5 nitrogen and oxygen atoms in total. The zero-order valence-corrected chi connectivity index (χ0v) is 14.3. The fourth-order valence-electron chi connectivity index (χ4n) is 2.91. The highest BCUT2D eigenvalue weighted by Gasteiger charge is 2.27. The van der Waals surface area contributed by atoms with Crippen LogP contribution in [0.1, 0.15) is 37.8 Å². The van der Waals surface area contributed by atoms with E-state index in [-0.39, 0.29) is 35.6 Å². The lowest BCUT2D eigenvalue weighted by atomic mass is 9.88. The molecule has 136 valence electrons. The van der Waals surface area contributed by atoms with Crippen molar-refractivity contribution in [3.63, 3.8) is 0 Å². The number of benzene rings is 1. The third kappa shape index (κ3) is 5.42. The van der Waals surface area contributed by atoms with Crippen LogP contribution in [0.15, 0.2) is 29.3 Å². The number of Topliss-reactive ketones (excluding diaryl/α,β-unsaturated/α-hetero) is 1. The van der Waals surface area contributed by atoms with Gasteiger partial charge in [-0.25, -0.2) is 13.8 Å². The van der Waals surface area contributed by atoms with Gasteiger partial charge in [-0.1, -0.05) is 12.1 Å². The molecule has 2 rings (SSSR count). The summed E-state index contributed by atoms with van der Waals surface area (Å²) in [5.41, 5.74) is 7.07. The fourth-order valence-corrected chi connectivity index (χ4v) is 2.91. The minimum absolute atomic E-state index is 0.0454. The number of halogens is 2. The second-order valence-electron chi connectivity index (χ2n) is 6.39. The summed E-state index contributed by atoms with van der Waals surface area (Å²) in [6.07, 6.45) is 1.47. The lowest BCUT2D eigenvalue weighted by Crippen LogP contribution is -2.40. The molecule has 0 aliphatic carbocycles. The molecule has 1 atom stereocenters. The van der Waals surface area contributed by atoms with Gasteiger partial charge in [0.05, 0.1) is 0 Å². The quantitative estimate of drug-likeness (QED) is 0.633. The molecule has 3 N–H and O–H groups in total. The predicted molar refractivity (Wildman–Crippen MR) is 94.1 cm³/mol. The van der Waals surface area contributed by atoms with E-state index < -0.39 is 12.7 Å². The maximum Gasteiger partial charge on any atom is 0.217 e. The number of guanidine groups is 1. The van der Waals surface area contributed by atoms with Gasteiger partial charge in [-0.15, -0.1) is 0 Å². The monoisotopic (exact) mass is 350 g/mol. The Labute approximate surface area is 146 Å². The van der Waals surface area contributed by atoms with Crippen LogP contribution in [0.2, 0.25) is 0 Å². The molecule has 0 unspecified atom stereocenters. The Morgan fingerprint density at radius 2 is 1.96 bits per heavy atom. The van der Waals surface area contributed by atoms with Crippen LogP contribution in [0, 0.1) is 17.1 Å². The van der Waals surface area contributed by atoms with E-state index in [2.05, 4.69) is 4.99 Å². The molecule has 1 aliphatic heterocycles. The van der Waals surface area contributed by atoms with E-state index in [1.807, 2.05) is 0 Å². The van der Waals surface area contributed by atoms with Crippen molar-refractivity contribution in [1.29, 1.82) is 5.41 Å². The normalized spacial score (nSPS) is 17.4. The van der Waals surface area contributed by atoms with Gasteiger partial charge < -0.3 is 10.6 Å². The predicted octanol–water partition coefficient (Wildman–Crippen LogP) is 2.86. The maximum absolute atomic E-state index is 12.9. The SMILES string of the molecule is C/C(CF)=N\C(=N)N1CCC(C(=O)C[C@@H](N)c2ccc(F)cc2)CC1. The van der Waals surface area contributed by atoms with Crippen LogP contribution >= 0.6 is 0 Å². The Balaban J connectivity index is 1.84. The molecule has 25 heavy (non-hydrogen) atoms. The molecule has 1 heterocycles. The van der Waals surface area contributed by atoms with Gasteiger partial charge in [0.2, 0.25) is 5.96 Å². The number of likely N-dealkylation sites (tertiary alicyclic amines) is 1. The Bertz CT molecular complexity index is 637. The third-order valence-corrected chi connectivity index (χ3v) is 4.46. The second-order valence-corrected chi connectivity index (χ2v) is 6.39. The molecule has 0 aromatic heterocycles. The van der Waals surface area contributed by atoms with E-state index in [1.54, 1.807) is 24.0 Å². The summed E-state index contributed by atoms with van der Waals surface area (Å²) in [6.45, 7) is 1.97. The van der Waals surface area contributed by atoms with Crippen LogP contribution in [0.25, 0.3) is 0 Å². The van der Waals surface area contributed by atoms with Crippen LogP contribution in [0.4, 0.5) is 8.78 Å². The highest BCUT2D eigenvalue weighted by atomic mass is 19.1. The van der Waals surface area contributed by atoms with Crippen molar-refractivity contribution in [2.75, 3.05) is 19.8 Å². The molecular formula is C18H24F2N4O. The van der Waals surface area contributed by atoms with Gasteiger partial charge >= 0.3 is 0 Å². The zero-order valence-electron chi connectivity index (χ0n) is 14.3. The number of nitrogens with one attached hydrogen (secondary N) is 1. The molecule has 0 spiro atoms. The lowest BCUT2D eigenvalue weighted by molar-refractivity contribution is -0.124. The van der Waals surface area contributed by atoms with E-state index in [4.69, 9.17) is 11.1 Å². The topological polar surface area (TPSA) is 82.5 Å². The van der Waals surface area contributed by atoms with Crippen molar-refractivity contribution >= 4 is 17.5 Å². The number of alkyl halides is 1. The Hall–Kier alpha value is -2.15. The number of rotatable bonds is 5. The standard InChI is InChI=1S/C18H24F2N4O/c1-12(11-19)23-18(22)24-8-6-14(7-9-24)17(25)10-16(21)13-2-4-15(20)5-3-13/h2-5,14,16,22H,6-11,21H2,1H3/b22-18?,23-12+/t16-/m1/s1. The van der Waals surface area contributed by atoms with Gasteiger partial charge in [0.1, 0.15) is 18.3 Å². The first-order chi connectivity index (χ1) is 11.9. The van der Waals surface area contributed by atoms with Gasteiger partial charge in [-0.2, -0.15) is 0 Å². The highest BCUT2D eigenvalue weighted by Crippen LogP contribution is 2.23. The maximum atomic E-state index is 12.9. The van der Waals surface area contributed by atoms with Crippen molar-refractivity contribution in [2.24, 2.45) is 16.6 Å². The minimum Gasteiger partial charge on any atom is -0.341 e. The van der Waals surface area contributed by atoms with E-state index >= 15 is 0 Å². The smallest absolute Gasteiger partial charge is 0.217 e. The van der Waals surface area contributed by atoms with Crippen molar-refractivity contribution in [1.82, 2.24) is 4.90 Å². The number of ketones is 1. The summed E-state index contributed by atoms with van der Waals surface area (Å²) in [5, 5.41) is 7.87. The van der Waals surface area contributed by atoms with Crippen molar-refractivity contribution < 1.29 is 13.6 Å². The average Bonchev–Trinajstić information content (AvgIpc) is 2.62. The first kappa shape index (κ1) is 19.2. The van der Waals surface area contributed by atoms with Gasteiger partial charge in [0.15, 0.2) is 0 Å². The van der Waals surface area contributed by atoms with Crippen LogP contribution in [-0.2, 0) is 4.79 Å². The number of hydrogen-bond donors (Lipinski definition) is 2. The minimum atomic E-state index is -0.668. The number of carbonyl (C=O) groups excluding carboxylic acids is 1. The van der Waals surface area contributed by atoms with Crippen LogP contribution in [0.3, 0.4) is 0 Å². The summed E-state index contributed by atoms with van der Waals surface area (Å²) in [5.74, 6) is -0.292. The number of piperidine rings is 1. The Kier molecular flexibility index (Phi) is 6.75. The molecule has 0 bridgehead atoms. The first-order valence-electron chi connectivity index (χ1n) is 8.38. The molecule has 0 radical (unpaired) electrons. The van der Waals surface area contributed by atoms with E-state index in [0.717, 1.165) is 5.56 Å². The van der Waals surface area contributed by atoms with Gasteiger partial charge in [-0.3, -0.25) is 10.2 Å². The van der Waals surface area contributed by atoms with E-state index in [0.29, 0.717) is 25.9 Å². The molecule has 1 fully saturated rings. The summed E-state index contributed by atoms with van der Waals surface area (Å²) >= 11 is 0. The summed E-state index contributed by atoms with van der Waals surface area (Å²) < 4.78 is 25.4. The zero-order chi connectivity index (χ0) is 18.4. The number of hydrogen-bond acceptors (Lipinski definition) is 3. The Morgan fingerprint density at radius 3 is 2.52 bits per heavy atom. The summed E-state index contributed by atoms with van der Waals surface area (Å²) in [7, 11) is 0. The molecule has 0 amide bonds. The molecule has 7 heteroatoms. The third-order valence-electron chi connectivity index (χ3n) is 4.46. The number of aliphatic imine (C=N–C) groups is 1. The average molecular weight is 350 g/mol. The molecule has 0 saturated carbocycles. The fraction of sp³-hybridized carbons (Fsp3) is 0.500.